The van der Waals surface area contributed by atoms with Gasteiger partial charge in [-0.05, 0) is 75.7 Å². The number of phenolic OH excluding ortho intramolecular Hbond substituents is 1. The maximum Gasteiger partial charge on any atom is 0.294 e. The summed E-state index contributed by atoms with van der Waals surface area (Å²) in [5.74, 6) is -1.54. The van der Waals surface area contributed by atoms with Gasteiger partial charge in [0.05, 0.1) is 16.5 Å². The smallest absolute Gasteiger partial charge is 0.294 e. The number of halogens is 2. The highest BCUT2D eigenvalue weighted by Crippen LogP contribution is 2.38. The van der Waals surface area contributed by atoms with Crippen molar-refractivity contribution < 1.29 is 28.6 Å². The number of imide groups is 1. The number of hydrogen-bond acceptors (Lipinski definition) is 6. The van der Waals surface area contributed by atoms with E-state index >= 15 is 0 Å². The lowest BCUT2D eigenvalue weighted by molar-refractivity contribution is -0.127. The summed E-state index contributed by atoms with van der Waals surface area (Å²) in [6.07, 6.45) is 1.47. The lowest BCUT2D eigenvalue weighted by atomic mass is 10.2. The van der Waals surface area contributed by atoms with E-state index in [4.69, 9.17) is 4.74 Å². The predicted molar refractivity (Wildman–Crippen MR) is 110 cm³/mol. The van der Waals surface area contributed by atoms with Crippen molar-refractivity contribution in [1.82, 2.24) is 4.90 Å². The van der Waals surface area contributed by atoms with Crippen LogP contribution in [0.3, 0.4) is 0 Å². The summed E-state index contributed by atoms with van der Waals surface area (Å²) in [4.78, 5) is 37.8. The third-order valence-corrected chi connectivity index (χ3v) is 5.38. The van der Waals surface area contributed by atoms with E-state index in [1.54, 1.807) is 6.07 Å². The van der Waals surface area contributed by atoms with Crippen molar-refractivity contribution >= 4 is 56.5 Å². The second-order valence-corrected chi connectivity index (χ2v) is 7.72. The molecular formula is C19H14BrFN2O5S. The van der Waals surface area contributed by atoms with Gasteiger partial charge in [0.25, 0.3) is 11.1 Å². The molecule has 0 bridgehead atoms. The van der Waals surface area contributed by atoms with Gasteiger partial charge in [-0.25, -0.2) is 4.39 Å². The summed E-state index contributed by atoms with van der Waals surface area (Å²) >= 11 is 3.89. The third kappa shape index (κ3) is 4.77. The number of thioether (sulfide) groups is 1. The lowest BCUT2D eigenvalue weighted by Crippen LogP contribution is -2.36. The Labute approximate surface area is 177 Å². The van der Waals surface area contributed by atoms with Crippen LogP contribution in [-0.2, 0) is 9.59 Å². The van der Waals surface area contributed by atoms with E-state index in [0.29, 0.717) is 27.5 Å². The van der Waals surface area contributed by atoms with E-state index in [0.717, 1.165) is 4.90 Å². The molecule has 29 heavy (non-hydrogen) atoms. The fourth-order valence-corrected chi connectivity index (χ4v) is 3.80. The average molecular weight is 481 g/mol. The first-order valence-electron chi connectivity index (χ1n) is 8.15. The second kappa shape index (κ2) is 8.66. The SMILES string of the molecule is COc1cc(/C=C2\SC(=O)N(CC(=O)Nc3ccc(F)cc3)C2=O)cc(Br)c1O. The first-order chi connectivity index (χ1) is 13.8. The monoisotopic (exact) mass is 480 g/mol. The Morgan fingerprint density at radius 3 is 2.66 bits per heavy atom. The van der Waals surface area contributed by atoms with Crippen LogP contribution in [0, 0.1) is 5.82 Å². The number of hydrogen-bond donors (Lipinski definition) is 2. The zero-order valence-electron chi connectivity index (χ0n) is 14.9. The first kappa shape index (κ1) is 20.9. The normalized spacial score (nSPS) is 15.1. The lowest BCUT2D eigenvalue weighted by Gasteiger charge is -2.12. The largest absolute Gasteiger partial charge is 0.503 e. The Morgan fingerprint density at radius 2 is 2.00 bits per heavy atom. The van der Waals surface area contributed by atoms with Crippen LogP contribution in [0.5, 0.6) is 11.5 Å². The number of rotatable bonds is 5. The predicted octanol–water partition coefficient (Wildman–Crippen LogP) is 3.98. The molecular weight excluding hydrogens is 467 g/mol. The van der Waals surface area contributed by atoms with Crippen molar-refractivity contribution in [3.63, 3.8) is 0 Å². The molecule has 1 fully saturated rings. The molecule has 0 aliphatic carbocycles. The van der Waals surface area contributed by atoms with E-state index in [9.17, 15) is 23.9 Å². The molecule has 0 unspecified atom stereocenters. The van der Waals surface area contributed by atoms with Crippen LogP contribution in [0.25, 0.3) is 6.08 Å². The standard InChI is InChI=1S/C19H14BrFN2O5S/c1-28-14-7-10(6-13(20)17(14)25)8-15-18(26)23(19(27)29-15)9-16(24)22-12-4-2-11(21)3-5-12/h2-8,25H,9H2,1H3,(H,22,24)/b15-8-. The van der Waals surface area contributed by atoms with E-state index < -0.39 is 29.4 Å². The Morgan fingerprint density at radius 1 is 1.31 bits per heavy atom. The molecule has 0 saturated carbocycles. The van der Waals surface area contributed by atoms with Gasteiger partial charge in [0.15, 0.2) is 11.5 Å². The fraction of sp³-hybridized carbons (Fsp3) is 0.105. The summed E-state index contributed by atoms with van der Waals surface area (Å²) in [6, 6.07) is 8.18. The molecule has 0 radical (unpaired) electrons. The molecule has 3 amide bonds. The number of benzene rings is 2. The Hall–Kier alpha value is -2.85. The number of anilines is 1. The molecule has 10 heteroatoms. The van der Waals surface area contributed by atoms with Gasteiger partial charge in [0.1, 0.15) is 12.4 Å². The maximum absolute atomic E-state index is 12.9. The number of carbonyl (C=O) groups is 3. The molecule has 1 saturated heterocycles. The highest BCUT2D eigenvalue weighted by Gasteiger charge is 2.36. The molecule has 7 nitrogen and oxygen atoms in total. The van der Waals surface area contributed by atoms with Gasteiger partial charge in [-0.3, -0.25) is 19.3 Å². The van der Waals surface area contributed by atoms with E-state index in [2.05, 4.69) is 21.2 Å². The highest BCUT2D eigenvalue weighted by atomic mass is 79.9. The zero-order chi connectivity index (χ0) is 21.1. The Balaban J connectivity index is 1.74. The summed E-state index contributed by atoms with van der Waals surface area (Å²) in [6.45, 7) is -0.470. The maximum atomic E-state index is 12.9. The highest BCUT2D eigenvalue weighted by molar-refractivity contribution is 9.10. The molecule has 1 aliphatic heterocycles. The van der Waals surface area contributed by atoms with Gasteiger partial charge < -0.3 is 15.2 Å². The van der Waals surface area contributed by atoms with Crippen LogP contribution in [0.2, 0.25) is 0 Å². The van der Waals surface area contributed by atoms with Gasteiger partial charge in [-0.2, -0.15) is 0 Å². The quantitative estimate of drug-likeness (QED) is 0.628. The van der Waals surface area contributed by atoms with E-state index in [1.165, 1.54) is 43.5 Å². The summed E-state index contributed by atoms with van der Waals surface area (Å²) in [7, 11) is 1.39. The topological polar surface area (TPSA) is 95.9 Å². The Bertz CT molecular complexity index is 1030. The van der Waals surface area contributed by atoms with E-state index in [-0.39, 0.29) is 16.4 Å². The second-order valence-electron chi connectivity index (χ2n) is 5.88. The molecule has 3 rings (SSSR count). The number of nitrogens with zero attached hydrogens (tertiary/aromatic N) is 1. The van der Waals surface area contributed by atoms with Crippen molar-refractivity contribution in [2.45, 2.75) is 0 Å². The molecule has 2 aromatic carbocycles. The van der Waals surface area contributed by atoms with Crippen molar-refractivity contribution in [3.8, 4) is 11.5 Å². The zero-order valence-corrected chi connectivity index (χ0v) is 17.3. The van der Waals surface area contributed by atoms with Crippen LogP contribution < -0.4 is 10.1 Å². The summed E-state index contributed by atoms with van der Waals surface area (Å²) in [5.41, 5.74) is 0.868. The third-order valence-electron chi connectivity index (χ3n) is 3.87. The number of phenols is 1. The summed E-state index contributed by atoms with van der Waals surface area (Å²) < 4.78 is 18.4. The van der Waals surface area contributed by atoms with Crippen LogP contribution in [0.15, 0.2) is 45.8 Å². The van der Waals surface area contributed by atoms with E-state index in [1.807, 2.05) is 0 Å². The van der Waals surface area contributed by atoms with Gasteiger partial charge in [0, 0.05) is 5.69 Å². The van der Waals surface area contributed by atoms with Crippen LogP contribution in [0.4, 0.5) is 14.9 Å². The number of methoxy groups -OCH3 is 1. The Kier molecular flexibility index (Phi) is 6.23. The molecule has 1 heterocycles. The summed E-state index contributed by atoms with van der Waals surface area (Å²) in [5, 5.41) is 11.8. The molecule has 150 valence electrons. The fourth-order valence-electron chi connectivity index (χ4n) is 2.50. The first-order valence-corrected chi connectivity index (χ1v) is 9.76. The number of ether oxygens (including phenoxy) is 1. The molecule has 0 spiro atoms. The molecule has 1 aliphatic rings. The van der Waals surface area contributed by atoms with Gasteiger partial charge in [-0.1, -0.05) is 0 Å². The van der Waals surface area contributed by atoms with Crippen molar-refractivity contribution in [1.29, 1.82) is 0 Å². The minimum atomic E-state index is -0.613. The van der Waals surface area contributed by atoms with Gasteiger partial charge in [-0.15, -0.1) is 0 Å². The van der Waals surface area contributed by atoms with Crippen molar-refractivity contribution in [3.05, 3.63) is 57.2 Å². The molecule has 0 atom stereocenters. The number of nitrogens with one attached hydrogen (secondary N) is 1. The van der Waals surface area contributed by atoms with Crippen molar-refractivity contribution in [2.75, 3.05) is 19.0 Å². The van der Waals surface area contributed by atoms with Gasteiger partial charge >= 0.3 is 0 Å². The number of carbonyl (C=O) groups excluding carboxylic acids is 3. The molecule has 2 aromatic rings. The van der Waals surface area contributed by atoms with Crippen molar-refractivity contribution in [2.24, 2.45) is 0 Å². The minimum absolute atomic E-state index is 0.0878. The molecule has 2 N–H and O–H groups in total. The average Bonchev–Trinajstić information content (AvgIpc) is 2.93. The molecule has 0 aromatic heterocycles. The van der Waals surface area contributed by atoms with Crippen LogP contribution >= 0.6 is 27.7 Å². The minimum Gasteiger partial charge on any atom is -0.503 e. The number of amides is 3. The van der Waals surface area contributed by atoms with Crippen LogP contribution in [-0.4, -0.2) is 40.7 Å². The van der Waals surface area contributed by atoms with Crippen LogP contribution in [0.1, 0.15) is 5.56 Å². The number of aromatic hydroxyl groups is 1. The van der Waals surface area contributed by atoms with Gasteiger partial charge in [0.2, 0.25) is 5.91 Å².